The van der Waals surface area contributed by atoms with Crippen LogP contribution in [-0.4, -0.2) is 18.5 Å². The Morgan fingerprint density at radius 2 is 2.27 bits per heavy atom. The van der Waals surface area contributed by atoms with E-state index in [0.717, 1.165) is 12.8 Å². The lowest BCUT2D eigenvalue weighted by Gasteiger charge is -2.16. The summed E-state index contributed by atoms with van der Waals surface area (Å²) in [6.45, 7) is 2.45. The third-order valence-electron chi connectivity index (χ3n) is 3.08. The van der Waals surface area contributed by atoms with Crippen LogP contribution in [0.1, 0.15) is 26.2 Å². The fraction of sp³-hybridized carbons (Fsp3) is 0.889. The second kappa shape index (κ2) is 2.59. The molecule has 0 aromatic heterocycles. The Morgan fingerprint density at radius 1 is 1.45 bits per heavy atom. The van der Waals surface area contributed by atoms with Crippen molar-refractivity contribution in [3.63, 3.8) is 0 Å². The minimum atomic E-state index is 0.312. The monoisotopic (exact) mass is 154 g/mol. The minimum absolute atomic E-state index is 0.312. The Morgan fingerprint density at radius 3 is 3.09 bits per heavy atom. The molecule has 1 heterocycles. The zero-order valence-electron chi connectivity index (χ0n) is 6.88. The number of carbonyl (C=O) groups is 1. The highest BCUT2D eigenvalue weighted by Crippen LogP contribution is 2.36. The molecule has 1 aliphatic heterocycles. The van der Waals surface area contributed by atoms with Crippen molar-refractivity contribution < 1.29 is 9.53 Å². The van der Waals surface area contributed by atoms with E-state index < -0.39 is 0 Å². The Hall–Kier alpha value is -0.370. The van der Waals surface area contributed by atoms with Gasteiger partial charge in [-0.1, -0.05) is 0 Å². The molecule has 2 heteroatoms. The van der Waals surface area contributed by atoms with Gasteiger partial charge in [0, 0.05) is 5.92 Å². The second-order valence-electron chi connectivity index (χ2n) is 3.75. The summed E-state index contributed by atoms with van der Waals surface area (Å²) in [5, 5.41) is 0. The Balaban J connectivity index is 2.13. The first kappa shape index (κ1) is 7.29. The Kier molecular flexibility index (Phi) is 1.72. The van der Waals surface area contributed by atoms with Gasteiger partial charge in [0.15, 0.2) is 5.78 Å². The van der Waals surface area contributed by atoms with Crippen LogP contribution in [0.4, 0.5) is 0 Å². The molecule has 2 nitrogen and oxygen atoms in total. The van der Waals surface area contributed by atoms with Crippen molar-refractivity contribution in [2.75, 3.05) is 6.61 Å². The van der Waals surface area contributed by atoms with Crippen LogP contribution in [0.2, 0.25) is 0 Å². The molecule has 0 amide bonds. The quantitative estimate of drug-likeness (QED) is 0.527. The van der Waals surface area contributed by atoms with Crippen LogP contribution in [0, 0.1) is 11.8 Å². The van der Waals surface area contributed by atoms with Crippen LogP contribution < -0.4 is 0 Å². The van der Waals surface area contributed by atoms with Crippen molar-refractivity contribution in [1.82, 2.24) is 0 Å². The summed E-state index contributed by atoms with van der Waals surface area (Å²) in [4.78, 5) is 11.3. The van der Waals surface area contributed by atoms with E-state index in [2.05, 4.69) is 6.92 Å². The molecule has 2 fully saturated rings. The third kappa shape index (κ3) is 1.20. The van der Waals surface area contributed by atoms with Crippen molar-refractivity contribution >= 4 is 5.78 Å². The van der Waals surface area contributed by atoms with Crippen LogP contribution in [-0.2, 0) is 9.53 Å². The maximum Gasteiger partial charge on any atom is 0.161 e. The van der Waals surface area contributed by atoms with Crippen molar-refractivity contribution in [2.45, 2.75) is 32.3 Å². The van der Waals surface area contributed by atoms with Gasteiger partial charge < -0.3 is 4.74 Å². The zero-order chi connectivity index (χ0) is 7.84. The molecule has 1 saturated heterocycles. The zero-order valence-corrected chi connectivity index (χ0v) is 6.88. The van der Waals surface area contributed by atoms with E-state index >= 15 is 0 Å². The summed E-state index contributed by atoms with van der Waals surface area (Å²) < 4.78 is 5.40. The molecule has 0 spiro atoms. The summed E-state index contributed by atoms with van der Waals surface area (Å²) in [5.41, 5.74) is 0. The van der Waals surface area contributed by atoms with Gasteiger partial charge in [0.1, 0.15) is 6.61 Å². The van der Waals surface area contributed by atoms with Gasteiger partial charge in [0.2, 0.25) is 0 Å². The number of carbonyl (C=O) groups excluding carboxylic acids is 1. The van der Waals surface area contributed by atoms with Crippen LogP contribution in [0.5, 0.6) is 0 Å². The molecule has 0 aromatic rings. The molecule has 2 rings (SSSR count). The molecule has 2 bridgehead atoms. The van der Waals surface area contributed by atoms with E-state index in [1.807, 2.05) is 0 Å². The average Bonchev–Trinajstić information content (AvgIpc) is 2.42. The normalized spacial score (nSPS) is 44.1. The topological polar surface area (TPSA) is 26.3 Å². The number of ketones is 1. The van der Waals surface area contributed by atoms with Crippen LogP contribution in [0.25, 0.3) is 0 Å². The maximum atomic E-state index is 11.3. The number of ether oxygens (including phenoxy) is 1. The fourth-order valence-electron chi connectivity index (χ4n) is 2.20. The van der Waals surface area contributed by atoms with Gasteiger partial charge in [0.05, 0.1) is 6.10 Å². The fourth-order valence-corrected chi connectivity index (χ4v) is 2.20. The Labute approximate surface area is 66.9 Å². The van der Waals surface area contributed by atoms with Gasteiger partial charge in [-0.3, -0.25) is 4.79 Å². The summed E-state index contributed by atoms with van der Waals surface area (Å²) in [6.07, 6.45) is 3.70. The maximum absolute atomic E-state index is 11.3. The van der Waals surface area contributed by atoms with E-state index in [0.29, 0.717) is 30.3 Å². The first-order valence-corrected chi connectivity index (χ1v) is 4.41. The predicted molar refractivity (Wildman–Crippen MR) is 41.3 cm³/mol. The molecule has 11 heavy (non-hydrogen) atoms. The first-order valence-electron chi connectivity index (χ1n) is 4.41. The van der Waals surface area contributed by atoms with Crippen molar-refractivity contribution in [3.05, 3.63) is 0 Å². The highest BCUT2D eigenvalue weighted by molar-refractivity contribution is 5.82. The second-order valence-corrected chi connectivity index (χ2v) is 3.75. The highest BCUT2D eigenvalue weighted by atomic mass is 16.5. The van der Waals surface area contributed by atoms with Gasteiger partial charge >= 0.3 is 0 Å². The molecule has 1 saturated carbocycles. The minimum Gasteiger partial charge on any atom is -0.370 e. The number of hydrogen-bond acceptors (Lipinski definition) is 2. The molecular weight excluding hydrogens is 140 g/mol. The number of fused-ring (bicyclic) bond motifs is 2. The lowest BCUT2D eigenvalue weighted by atomic mass is 10.00. The van der Waals surface area contributed by atoms with Crippen LogP contribution in [0.3, 0.4) is 0 Å². The molecule has 0 radical (unpaired) electrons. The molecule has 1 aliphatic carbocycles. The highest BCUT2D eigenvalue weighted by Gasteiger charge is 2.36. The number of Topliss-reactive ketones (excluding diaryl/α,β-unsaturated/α-hetero) is 1. The molecule has 2 aliphatic rings. The third-order valence-corrected chi connectivity index (χ3v) is 3.08. The number of hydrogen-bond donors (Lipinski definition) is 0. The van der Waals surface area contributed by atoms with E-state index in [1.54, 1.807) is 0 Å². The average molecular weight is 154 g/mol. The molecule has 0 N–H and O–H groups in total. The van der Waals surface area contributed by atoms with E-state index in [-0.39, 0.29) is 0 Å². The van der Waals surface area contributed by atoms with Crippen molar-refractivity contribution in [2.24, 2.45) is 11.8 Å². The summed E-state index contributed by atoms with van der Waals surface area (Å²) >= 11 is 0. The molecule has 3 atom stereocenters. The predicted octanol–water partition coefficient (Wildman–Crippen LogP) is 1.39. The van der Waals surface area contributed by atoms with Gasteiger partial charge in [-0.25, -0.2) is 0 Å². The van der Waals surface area contributed by atoms with Gasteiger partial charge in [-0.05, 0) is 32.1 Å². The number of rotatable bonds is 0. The van der Waals surface area contributed by atoms with Crippen LogP contribution in [0.15, 0.2) is 0 Å². The van der Waals surface area contributed by atoms with Gasteiger partial charge in [0.25, 0.3) is 0 Å². The largest absolute Gasteiger partial charge is 0.370 e. The standard InChI is InChI=1S/C9H14O2/c1-6-7-2-3-8(4-7)9(10)5-11-6/h6-8H,2-5H2,1H3. The summed E-state index contributed by atoms with van der Waals surface area (Å²) in [6, 6.07) is 0. The SMILES string of the molecule is CC1OCC(=O)C2CCC1C2. The molecule has 0 aromatic carbocycles. The summed E-state index contributed by atoms with van der Waals surface area (Å²) in [7, 11) is 0. The lowest BCUT2D eigenvalue weighted by molar-refractivity contribution is -0.128. The van der Waals surface area contributed by atoms with E-state index in [4.69, 9.17) is 4.74 Å². The Bertz CT molecular complexity index is 176. The van der Waals surface area contributed by atoms with Crippen molar-refractivity contribution in [3.8, 4) is 0 Å². The first-order chi connectivity index (χ1) is 5.27. The molecular formula is C9H14O2. The van der Waals surface area contributed by atoms with E-state index in [9.17, 15) is 4.79 Å². The lowest BCUT2D eigenvalue weighted by Crippen LogP contribution is -2.20. The summed E-state index contributed by atoms with van der Waals surface area (Å²) in [5.74, 6) is 1.33. The molecule has 62 valence electrons. The van der Waals surface area contributed by atoms with Gasteiger partial charge in [-0.2, -0.15) is 0 Å². The van der Waals surface area contributed by atoms with Crippen LogP contribution >= 0.6 is 0 Å². The molecule has 3 unspecified atom stereocenters. The van der Waals surface area contributed by atoms with Gasteiger partial charge in [-0.15, -0.1) is 0 Å². The smallest absolute Gasteiger partial charge is 0.161 e. The van der Waals surface area contributed by atoms with E-state index in [1.165, 1.54) is 6.42 Å². The van der Waals surface area contributed by atoms with Crippen molar-refractivity contribution in [1.29, 1.82) is 0 Å².